The first-order chi connectivity index (χ1) is 15.4. The minimum Gasteiger partial charge on any atom is -0.395 e. The van der Waals surface area contributed by atoms with Crippen molar-refractivity contribution in [2.45, 2.75) is 38.6 Å². The van der Waals surface area contributed by atoms with Gasteiger partial charge < -0.3 is 15.2 Å². The molecule has 0 fully saturated rings. The zero-order valence-electron chi connectivity index (χ0n) is 17.1. The van der Waals surface area contributed by atoms with E-state index >= 15 is 0 Å². The second-order valence-electron chi connectivity index (χ2n) is 8.07. The maximum Gasteiger partial charge on any atom is 0.586 e. The number of fused-ring (bicyclic) bond motifs is 6. The Balaban J connectivity index is 1.33. The molecule has 6 rings (SSSR count). The minimum absolute atomic E-state index is 0.0298. The maximum atomic E-state index is 13.6. The highest BCUT2D eigenvalue weighted by Gasteiger charge is 2.45. The number of ether oxygens (including phenoxy) is 2. The molecule has 0 saturated heterocycles. The lowest BCUT2D eigenvalue weighted by Crippen LogP contribution is -2.39. The molecule has 0 unspecified atom stereocenters. The van der Waals surface area contributed by atoms with Crippen LogP contribution in [0.5, 0.6) is 11.5 Å². The van der Waals surface area contributed by atoms with Crippen LogP contribution < -0.4 is 15.2 Å². The Bertz CT molecular complexity index is 1370. The molecule has 3 aromatic heterocycles. The van der Waals surface area contributed by atoms with Crippen LogP contribution in [0.25, 0.3) is 16.6 Å². The van der Waals surface area contributed by atoms with E-state index in [0.717, 1.165) is 25.2 Å². The highest BCUT2D eigenvalue weighted by Crippen LogP contribution is 2.45. The molecule has 2 N–H and O–H groups in total. The van der Waals surface area contributed by atoms with Gasteiger partial charge in [0.2, 0.25) is 5.95 Å². The average Bonchev–Trinajstić information content (AvgIpc) is 3.33. The van der Waals surface area contributed by atoms with Gasteiger partial charge in [0.05, 0.1) is 5.69 Å². The molecule has 2 aliphatic rings. The van der Waals surface area contributed by atoms with E-state index in [-0.39, 0.29) is 29.0 Å². The number of rotatable bonds is 3. The number of halogens is 2. The summed E-state index contributed by atoms with van der Waals surface area (Å²) in [5.41, 5.74) is 9.05. The SMILES string of the molecule is C[C@H](Cc1nc2c3ccc4c(c3nc(N)n2n1)OC(F)(F)O4)N1CCc2cccnc2C1. The monoisotopic (exact) mass is 439 g/mol. The van der Waals surface area contributed by atoms with Crippen molar-refractivity contribution in [2.24, 2.45) is 0 Å². The van der Waals surface area contributed by atoms with Gasteiger partial charge in [0.15, 0.2) is 23.0 Å². The summed E-state index contributed by atoms with van der Waals surface area (Å²) in [6, 6.07) is 7.27. The predicted molar refractivity (Wildman–Crippen MR) is 110 cm³/mol. The Labute approximate surface area is 180 Å². The molecule has 2 aliphatic heterocycles. The number of aromatic nitrogens is 5. The molecule has 5 heterocycles. The van der Waals surface area contributed by atoms with Crippen molar-refractivity contribution < 1.29 is 18.3 Å². The van der Waals surface area contributed by atoms with E-state index in [4.69, 9.17) is 5.73 Å². The molecule has 0 spiro atoms. The number of nitrogen functional groups attached to an aromatic ring is 1. The smallest absolute Gasteiger partial charge is 0.395 e. The normalized spacial score (nSPS) is 18.2. The summed E-state index contributed by atoms with van der Waals surface area (Å²) in [6.07, 6.45) is -0.382. The Kier molecular flexibility index (Phi) is 4.00. The van der Waals surface area contributed by atoms with E-state index in [1.54, 1.807) is 6.07 Å². The van der Waals surface area contributed by atoms with Crippen molar-refractivity contribution in [1.82, 2.24) is 29.5 Å². The van der Waals surface area contributed by atoms with Crippen LogP contribution in [-0.2, 0) is 19.4 Å². The number of hydrogen-bond donors (Lipinski definition) is 1. The van der Waals surface area contributed by atoms with Crippen LogP contribution >= 0.6 is 0 Å². The summed E-state index contributed by atoms with van der Waals surface area (Å²) in [7, 11) is 0. The van der Waals surface area contributed by atoms with E-state index in [2.05, 4.69) is 47.4 Å². The van der Waals surface area contributed by atoms with Gasteiger partial charge in [-0.25, -0.2) is 9.97 Å². The van der Waals surface area contributed by atoms with Gasteiger partial charge in [-0.3, -0.25) is 9.88 Å². The standard InChI is InChI=1S/C21H19F2N7O2/c1-11(29-8-6-12-3-2-7-25-14(12)10-29)9-16-26-19-13-4-5-15-18(32-21(22,23)31-15)17(13)27-20(24)30(19)28-16/h2-5,7,11H,6,8-10H2,1H3,(H2,24,27)/t11-/m1/s1. The van der Waals surface area contributed by atoms with Gasteiger partial charge in [-0.15, -0.1) is 13.9 Å². The van der Waals surface area contributed by atoms with Gasteiger partial charge >= 0.3 is 6.29 Å². The number of nitrogens with two attached hydrogens (primary N) is 1. The summed E-state index contributed by atoms with van der Waals surface area (Å²) in [4.78, 5) is 15.7. The van der Waals surface area contributed by atoms with Crippen LogP contribution in [-0.4, -0.2) is 48.3 Å². The Morgan fingerprint density at radius 1 is 1.22 bits per heavy atom. The number of nitrogens with zero attached hydrogens (tertiary/aromatic N) is 6. The van der Waals surface area contributed by atoms with Gasteiger partial charge in [-0.1, -0.05) is 6.07 Å². The van der Waals surface area contributed by atoms with Gasteiger partial charge in [-0.2, -0.15) is 4.52 Å². The first kappa shape index (κ1) is 19.1. The largest absolute Gasteiger partial charge is 0.586 e. The third-order valence-corrected chi connectivity index (χ3v) is 5.99. The van der Waals surface area contributed by atoms with Crippen molar-refractivity contribution in [1.29, 1.82) is 0 Å². The molecular formula is C21H19F2N7O2. The summed E-state index contributed by atoms with van der Waals surface area (Å²) in [6.45, 7) is 3.83. The van der Waals surface area contributed by atoms with Gasteiger partial charge in [0.25, 0.3) is 0 Å². The first-order valence-corrected chi connectivity index (χ1v) is 10.3. The van der Waals surface area contributed by atoms with Crippen LogP contribution in [0.2, 0.25) is 0 Å². The second kappa shape index (κ2) is 6.70. The van der Waals surface area contributed by atoms with Crippen LogP contribution in [0.4, 0.5) is 14.7 Å². The minimum atomic E-state index is -3.74. The first-order valence-electron chi connectivity index (χ1n) is 10.3. The molecule has 11 heteroatoms. The number of alkyl halides is 2. The summed E-state index contributed by atoms with van der Waals surface area (Å²) >= 11 is 0. The lowest BCUT2D eigenvalue weighted by molar-refractivity contribution is -0.286. The number of pyridine rings is 1. The fraction of sp³-hybridized carbons (Fsp3) is 0.333. The zero-order chi connectivity index (χ0) is 22.0. The number of anilines is 1. The fourth-order valence-electron chi connectivity index (χ4n) is 4.37. The Morgan fingerprint density at radius 2 is 2.09 bits per heavy atom. The summed E-state index contributed by atoms with van der Waals surface area (Å²) in [5.74, 6) is 0.376. The summed E-state index contributed by atoms with van der Waals surface area (Å²) in [5, 5.41) is 5.02. The van der Waals surface area contributed by atoms with E-state index in [9.17, 15) is 8.78 Å². The predicted octanol–water partition coefficient (Wildman–Crippen LogP) is 2.57. The van der Waals surface area contributed by atoms with Crippen LogP contribution in [0.1, 0.15) is 24.0 Å². The highest BCUT2D eigenvalue weighted by atomic mass is 19.3. The number of benzene rings is 1. The molecule has 0 radical (unpaired) electrons. The van der Waals surface area contributed by atoms with Crippen LogP contribution in [0, 0.1) is 0 Å². The van der Waals surface area contributed by atoms with E-state index in [1.165, 1.54) is 16.1 Å². The van der Waals surface area contributed by atoms with Crippen molar-refractivity contribution in [3.05, 3.63) is 47.5 Å². The third kappa shape index (κ3) is 3.00. The van der Waals surface area contributed by atoms with Crippen LogP contribution in [0.3, 0.4) is 0 Å². The lowest BCUT2D eigenvalue weighted by Gasteiger charge is -2.32. The number of hydrogen-bond acceptors (Lipinski definition) is 8. The van der Waals surface area contributed by atoms with Crippen LogP contribution in [0.15, 0.2) is 30.5 Å². The molecule has 0 amide bonds. The molecule has 1 aromatic carbocycles. The van der Waals surface area contributed by atoms with Gasteiger partial charge in [0.1, 0.15) is 5.52 Å². The Morgan fingerprint density at radius 3 is 2.97 bits per heavy atom. The molecule has 32 heavy (non-hydrogen) atoms. The van der Waals surface area contributed by atoms with Crippen molar-refractivity contribution in [2.75, 3.05) is 12.3 Å². The Hall–Kier alpha value is -3.60. The molecule has 0 saturated carbocycles. The highest BCUT2D eigenvalue weighted by molar-refractivity contribution is 5.97. The quantitative estimate of drug-likeness (QED) is 0.520. The second-order valence-corrected chi connectivity index (χ2v) is 8.07. The molecule has 9 nitrogen and oxygen atoms in total. The summed E-state index contributed by atoms with van der Waals surface area (Å²) < 4.78 is 37.7. The van der Waals surface area contributed by atoms with Crippen molar-refractivity contribution >= 4 is 22.5 Å². The maximum absolute atomic E-state index is 13.6. The third-order valence-electron chi connectivity index (χ3n) is 5.99. The van der Waals surface area contributed by atoms with Gasteiger partial charge in [0, 0.05) is 37.1 Å². The van der Waals surface area contributed by atoms with Gasteiger partial charge in [-0.05, 0) is 37.1 Å². The average molecular weight is 439 g/mol. The van der Waals surface area contributed by atoms with E-state index in [1.807, 2.05) is 12.3 Å². The van der Waals surface area contributed by atoms with Crippen molar-refractivity contribution in [3.8, 4) is 11.5 Å². The van der Waals surface area contributed by atoms with Crippen molar-refractivity contribution in [3.63, 3.8) is 0 Å². The molecule has 4 aromatic rings. The molecular weight excluding hydrogens is 420 g/mol. The van der Waals surface area contributed by atoms with E-state index < -0.39 is 6.29 Å². The molecule has 0 aliphatic carbocycles. The zero-order valence-corrected chi connectivity index (χ0v) is 17.1. The van der Waals surface area contributed by atoms with E-state index in [0.29, 0.717) is 23.3 Å². The molecule has 164 valence electrons. The fourth-order valence-corrected chi connectivity index (χ4v) is 4.37. The molecule has 1 atom stereocenters. The lowest BCUT2D eigenvalue weighted by atomic mass is 10.0. The molecule has 0 bridgehead atoms. The topological polar surface area (TPSA) is 104 Å².